The quantitative estimate of drug-likeness (QED) is 0.224. The van der Waals surface area contributed by atoms with Crippen molar-refractivity contribution in [2.75, 3.05) is 6.61 Å². The first-order chi connectivity index (χ1) is 16.0. The van der Waals surface area contributed by atoms with Crippen molar-refractivity contribution in [2.45, 2.75) is 6.92 Å². The largest absolute Gasteiger partial charge is 0.493 e. The molecule has 0 aliphatic carbocycles. The van der Waals surface area contributed by atoms with E-state index in [0.29, 0.717) is 40.4 Å². The van der Waals surface area contributed by atoms with E-state index in [4.69, 9.17) is 14.1 Å². The molecule has 0 bridgehead atoms. The number of rotatable bonds is 5. The number of para-hydroxylation sites is 1. The fourth-order valence-electron chi connectivity index (χ4n) is 3.54. The Hall–Kier alpha value is -3.23. The average molecular weight is 567 g/mol. The van der Waals surface area contributed by atoms with E-state index in [1.807, 2.05) is 55.5 Å². The lowest BCUT2D eigenvalue weighted by Gasteiger charge is -2.09. The van der Waals surface area contributed by atoms with Gasteiger partial charge in [0.2, 0.25) is 5.82 Å². The van der Waals surface area contributed by atoms with Crippen LogP contribution in [0.2, 0.25) is 0 Å². The van der Waals surface area contributed by atoms with E-state index in [1.54, 1.807) is 24.4 Å². The molecule has 164 valence electrons. The lowest BCUT2D eigenvalue weighted by molar-refractivity contribution is 0.339. The van der Waals surface area contributed by atoms with Gasteiger partial charge in [0, 0.05) is 19.9 Å². The maximum Gasteiger partial charge on any atom is 0.282 e. The van der Waals surface area contributed by atoms with E-state index < -0.39 is 0 Å². The third kappa shape index (κ3) is 4.24. The number of halogens is 2. The number of fused-ring (bicyclic) bond motifs is 2. The molecule has 0 saturated carbocycles. The number of benzene rings is 3. The molecule has 0 N–H and O–H groups in total. The van der Waals surface area contributed by atoms with Crippen molar-refractivity contribution in [1.29, 1.82) is 0 Å². The molecule has 3 aromatic carbocycles. The fraction of sp³-hybridized carbons (Fsp3) is 0.0800. The number of furan rings is 1. The first kappa shape index (κ1) is 21.6. The van der Waals surface area contributed by atoms with Crippen LogP contribution in [0.5, 0.6) is 5.75 Å². The summed E-state index contributed by atoms with van der Waals surface area (Å²) >= 11 is 6.96. The second kappa shape index (κ2) is 8.96. The molecule has 33 heavy (non-hydrogen) atoms. The summed E-state index contributed by atoms with van der Waals surface area (Å²) in [6.45, 7) is 2.43. The highest BCUT2D eigenvalue weighted by Crippen LogP contribution is 2.29. The van der Waals surface area contributed by atoms with Crippen LogP contribution in [0.15, 0.2) is 90.0 Å². The van der Waals surface area contributed by atoms with Crippen molar-refractivity contribution >= 4 is 59.9 Å². The minimum absolute atomic E-state index is 0.290. The fourth-order valence-corrected chi connectivity index (χ4v) is 4.30. The van der Waals surface area contributed by atoms with Gasteiger partial charge < -0.3 is 9.15 Å². The topological polar surface area (TPSA) is 69.6 Å². The second-order valence-electron chi connectivity index (χ2n) is 7.22. The first-order valence-electron chi connectivity index (χ1n) is 10.2. The second-order valence-corrected chi connectivity index (χ2v) is 9.05. The zero-order valence-corrected chi connectivity index (χ0v) is 20.6. The molecule has 0 amide bonds. The molecule has 6 nitrogen and oxygen atoms in total. The van der Waals surface area contributed by atoms with E-state index in [9.17, 15) is 4.79 Å². The Morgan fingerprint density at radius 3 is 2.70 bits per heavy atom. The summed E-state index contributed by atoms with van der Waals surface area (Å²) in [6, 6.07) is 20.4. The van der Waals surface area contributed by atoms with Gasteiger partial charge in [-0.05, 0) is 61.5 Å². The molecular weight excluding hydrogens is 550 g/mol. The van der Waals surface area contributed by atoms with Crippen molar-refractivity contribution in [1.82, 2.24) is 9.66 Å². The van der Waals surface area contributed by atoms with Crippen LogP contribution in [0.3, 0.4) is 0 Å². The normalized spacial score (nSPS) is 11.6. The van der Waals surface area contributed by atoms with Crippen LogP contribution in [0.4, 0.5) is 0 Å². The third-order valence-corrected chi connectivity index (χ3v) is 6.02. The van der Waals surface area contributed by atoms with E-state index in [-0.39, 0.29) is 5.56 Å². The zero-order chi connectivity index (χ0) is 22.9. The van der Waals surface area contributed by atoms with Gasteiger partial charge in [-0.3, -0.25) is 4.79 Å². The highest BCUT2D eigenvalue weighted by molar-refractivity contribution is 9.10. The number of hydrogen-bond donors (Lipinski definition) is 0. The minimum Gasteiger partial charge on any atom is -0.493 e. The predicted octanol–water partition coefficient (Wildman–Crippen LogP) is 6.62. The van der Waals surface area contributed by atoms with Gasteiger partial charge in [0.15, 0.2) is 5.76 Å². The van der Waals surface area contributed by atoms with Gasteiger partial charge in [0.25, 0.3) is 5.56 Å². The molecule has 5 aromatic rings. The van der Waals surface area contributed by atoms with E-state index in [2.05, 4.69) is 37.0 Å². The molecule has 2 aromatic heterocycles. The molecule has 0 spiro atoms. The zero-order valence-electron chi connectivity index (χ0n) is 17.5. The Bertz CT molecular complexity index is 1590. The monoisotopic (exact) mass is 565 g/mol. The lowest BCUT2D eigenvalue weighted by Crippen LogP contribution is -2.20. The minimum atomic E-state index is -0.290. The number of aromatic nitrogens is 2. The summed E-state index contributed by atoms with van der Waals surface area (Å²) in [7, 11) is 0. The standard InChI is InChI=1S/C25H17Br2N3O3/c1-2-32-21-9-7-18(27)12-16(21)14-28-30-24(29-20-6-4-3-5-19(20)25(30)31)23-13-15-11-17(26)8-10-22(15)33-23/h3-14H,2H2,1H3. The molecule has 0 aliphatic rings. The van der Waals surface area contributed by atoms with E-state index >= 15 is 0 Å². The van der Waals surface area contributed by atoms with Crippen LogP contribution in [-0.4, -0.2) is 22.5 Å². The third-order valence-electron chi connectivity index (χ3n) is 5.04. The van der Waals surface area contributed by atoms with Crippen LogP contribution in [-0.2, 0) is 0 Å². The van der Waals surface area contributed by atoms with Crippen LogP contribution in [0.25, 0.3) is 33.5 Å². The molecule has 0 atom stereocenters. The van der Waals surface area contributed by atoms with Crippen molar-refractivity contribution in [3.63, 3.8) is 0 Å². The predicted molar refractivity (Wildman–Crippen MR) is 137 cm³/mol. The Morgan fingerprint density at radius 1 is 1.06 bits per heavy atom. The Morgan fingerprint density at radius 2 is 1.85 bits per heavy atom. The Labute approximate surface area is 205 Å². The van der Waals surface area contributed by atoms with Gasteiger partial charge in [-0.15, -0.1) is 0 Å². The molecule has 0 saturated heterocycles. The SMILES string of the molecule is CCOc1ccc(Br)cc1C=Nn1c(-c2cc3cc(Br)ccc3o2)nc2ccccc2c1=O. The first-order valence-corrected chi connectivity index (χ1v) is 11.8. The van der Waals surface area contributed by atoms with Gasteiger partial charge in [-0.2, -0.15) is 9.78 Å². The summed E-state index contributed by atoms with van der Waals surface area (Å²) in [4.78, 5) is 18.1. The van der Waals surface area contributed by atoms with Crippen molar-refractivity contribution in [3.8, 4) is 17.3 Å². The van der Waals surface area contributed by atoms with Crippen LogP contribution >= 0.6 is 31.9 Å². The Kier molecular flexibility index (Phi) is 5.86. The van der Waals surface area contributed by atoms with Gasteiger partial charge in [-0.25, -0.2) is 4.98 Å². The van der Waals surface area contributed by atoms with E-state index in [0.717, 1.165) is 19.9 Å². The molecule has 0 fully saturated rings. The molecular formula is C25H17Br2N3O3. The summed E-state index contributed by atoms with van der Waals surface area (Å²) in [5.41, 5.74) is 1.70. The van der Waals surface area contributed by atoms with Crippen LogP contribution in [0.1, 0.15) is 12.5 Å². The van der Waals surface area contributed by atoms with Gasteiger partial charge >= 0.3 is 0 Å². The summed E-state index contributed by atoms with van der Waals surface area (Å²) < 4.78 is 14.8. The highest BCUT2D eigenvalue weighted by Gasteiger charge is 2.17. The van der Waals surface area contributed by atoms with Crippen molar-refractivity contribution in [3.05, 3.63) is 91.6 Å². The van der Waals surface area contributed by atoms with Crippen molar-refractivity contribution < 1.29 is 9.15 Å². The van der Waals surface area contributed by atoms with Gasteiger partial charge in [-0.1, -0.05) is 44.0 Å². The smallest absolute Gasteiger partial charge is 0.282 e. The lowest BCUT2D eigenvalue weighted by atomic mass is 10.2. The maximum atomic E-state index is 13.4. The summed E-state index contributed by atoms with van der Waals surface area (Å²) in [6.07, 6.45) is 1.59. The van der Waals surface area contributed by atoms with Crippen LogP contribution < -0.4 is 10.3 Å². The number of hydrogen-bond acceptors (Lipinski definition) is 5. The average Bonchev–Trinajstić information content (AvgIpc) is 3.23. The molecule has 8 heteroatoms. The molecule has 5 rings (SSSR count). The molecule has 0 aliphatic heterocycles. The molecule has 2 heterocycles. The van der Waals surface area contributed by atoms with Crippen molar-refractivity contribution in [2.24, 2.45) is 5.10 Å². The number of ether oxygens (including phenoxy) is 1. The summed E-state index contributed by atoms with van der Waals surface area (Å²) in [5, 5.41) is 5.88. The maximum absolute atomic E-state index is 13.4. The van der Waals surface area contributed by atoms with Gasteiger partial charge in [0.1, 0.15) is 11.3 Å². The molecule has 0 unspecified atom stereocenters. The number of nitrogens with zero attached hydrogens (tertiary/aromatic N) is 3. The van der Waals surface area contributed by atoms with Gasteiger partial charge in [0.05, 0.1) is 23.7 Å². The highest BCUT2D eigenvalue weighted by atomic mass is 79.9. The van der Waals surface area contributed by atoms with Crippen LogP contribution in [0, 0.1) is 0 Å². The molecule has 0 radical (unpaired) electrons. The van der Waals surface area contributed by atoms with E-state index in [1.165, 1.54) is 4.68 Å². The summed E-state index contributed by atoms with van der Waals surface area (Å²) in [5.74, 6) is 1.43. The Balaban J connectivity index is 1.72.